The first-order valence-electron chi connectivity index (χ1n) is 5.71. The maximum Gasteiger partial charge on any atom is 0.150 e. The van der Waals surface area contributed by atoms with Gasteiger partial charge in [0.15, 0.2) is 9.84 Å². The second-order valence-corrected chi connectivity index (χ2v) is 7.34. The van der Waals surface area contributed by atoms with E-state index in [1.165, 1.54) is 0 Å². The van der Waals surface area contributed by atoms with Crippen LogP contribution < -0.4 is 0 Å². The topological polar surface area (TPSA) is 51.2 Å². The van der Waals surface area contributed by atoms with Crippen molar-refractivity contribution in [2.24, 2.45) is 17.8 Å². The summed E-state index contributed by atoms with van der Waals surface area (Å²) in [6, 6.07) is 0. The fourth-order valence-corrected chi connectivity index (χ4v) is 4.73. The Morgan fingerprint density at radius 2 is 2.00 bits per heavy atom. The largest absolute Gasteiger partial charge is 0.299 e. The number of rotatable bonds is 1. The van der Waals surface area contributed by atoms with Crippen LogP contribution >= 0.6 is 0 Å². The zero-order valence-electron chi connectivity index (χ0n) is 9.11. The summed E-state index contributed by atoms with van der Waals surface area (Å²) in [6.07, 6.45) is 3.24. The van der Waals surface area contributed by atoms with Crippen LogP contribution in [0.15, 0.2) is 0 Å². The molecule has 2 aliphatic rings. The van der Waals surface area contributed by atoms with Gasteiger partial charge in [-0.05, 0) is 31.1 Å². The van der Waals surface area contributed by atoms with Crippen molar-refractivity contribution in [2.75, 3.05) is 11.5 Å². The highest BCUT2D eigenvalue weighted by Gasteiger charge is 2.39. The smallest absolute Gasteiger partial charge is 0.150 e. The lowest BCUT2D eigenvalue weighted by Crippen LogP contribution is -2.30. The number of carbonyl (C=O) groups is 1. The Bertz CT molecular complexity index is 358. The van der Waals surface area contributed by atoms with Crippen LogP contribution in [-0.4, -0.2) is 25.7 Å². The molecule has 1 heterocycles. The molecule has 0 aromatic heterocycles. The van der Waals surface area contributed by atoms with E-state index in [2.05, 4.69) is 6.92 Å². The number of hydrogen-bond donors (Lipinski definition) is 0. The number of carbonyl (C=O) groups excluding carboxylic acids is 1. The molecule has 3 nitrogen and oxygen atoms in total. The summed E-state index contributed by atoms with van der Waals surface area (Å²) in [5.74, 6) is 1.56. The van der Waals surface area contributed by atoms with E-state index >= 15 is 0 Å². The first kappa shape index (κ1) is 11.1. The van der Waals surface area contributed by atoms with E-state index in [1.807, 2.05) is 0 Å². The summed E-state index contributed by atoms with van der Waals surface area (Å²) in [4.78, 5) is 11.7. The van der Waals surface area contributed by atoms with Crippen molar-refractivity contribution in [2.45, 2.75) is 32.6 Å². The van der Waals surface area contributed by atoms with Crippen molar-refractivity contribution in [1.29, 1.82) is 0 Å². The Morgan fingerprint density at radius 3 is 2.60 bits per heavy atom. The minimum Gasteiger partial charge on any atom is -0.299 e. The average Bonchev–Trinajstić information content (AvgIpc) is 2.50. The van der Waals surface area contributed by atoms with Crippen LogP contribution in [0.2, 0.25) is 0 Å². The molecule has 1 aliphatic heterocycles. The third-order valence-corrected chi connectivity index (χ3v) is 5.58. The molecule has 2 rings (SSSR count). The van der Waals surface area contributed by atoms with E-state index in [-0.39, 0.29) is 23.3 Å². The van der Waals surface area contributed by atoms with Crippen LogP contribution in [0.25, 0.3) is 0 Å². The van der Waals surface area contributed by atoms with Crippen LogP contribution in [-0.2, 0) is 14.6 Å². The molecular formula is C11H18O3S. The molecule has 0 spiro atoms. The molecule has 0 N–H and O–H groups in total. The van der Waals surface area contributed by atoms with Gasteiger partial charge in [-0.15, -0.1) is 0 Å². The zero-order chi connectivity index (χ0) is 11.1. The summed E-state index contributed by atoms with van der Waals surface area (Å²) in [7, 11) is -2.84. The van der Waals surface area contributed by atoms with Crippen molar-refractivity contribution >= 4 is 15.6 Å². The molecule has 1 saturated carbocycles. The van der Waals surface area contributed by atoms with Crippen molar-refractivity contribution in [3.63, 3.8) is 0 Å². The van der Waals surface area contributed by atoms with Gasteiger partial charge in [0.1, 0.15) is 5.78 Å². The van der Waals surface area contributed by atoms with Crippen molar-refractivity contribution in [1.82, 2.24) is 0 Å². The lowest BCUT2D eigenvalue weighted by Gasteiger charge is -2.29. The fourth-order valence-electron chi connectivity index (χ4n) is 2.85. The molecule has 0 bridgehead atoms. The van der Waals surface area contributed by atoms with Gasteiger partial charge < -0.3 is 0 Å². The maximum absolute atomic E-state index is 11.7. The molecule has 1 aliphatic carbocycles. The molecule has 2 fully saturated rings. The van der Waals surface area contributed by atoms with Gasteiger partial charge >= 0.3 is 0 Å². The predicted molar refractivity (Wildman–Crippen MR) is 58.3 cm³/mol. The Balaban J connectivity index is 2.07. The average molecular weight is 230 g/mol. The number of Topliss-reactive ketones (excluding diaryl/α,β-unsaturated/α-hetero) is 1. The van der Waals surface area contributed by atoms with Gasteiger partial charge in [-0.1, -0.05) is 6.92 Å². The molecule has 4 heteroatoms. The number of hydrogen-bond acceptors (Lipinski definition) is 3. The second-order valence-electron chi connectivity index (χ2n) is 5.12. The first-order valence-corrected chi connectivity index (χ1v) is 7.53. The highest BCUT2D eigenvalue weighted by molar-refractivity contribution is 7.91. The summed E-state index contributed by atoms with van der Waals surface area (Å²) in [5.41, 5.74) is 0. The monoisotopic (exact) mass is 230 g/mol. The minimum absolute atomic E-state index is 0.0334. The summed E-state index contributed by atoms with van der Waals surface area (Å²) >= 11 is 0. The summed E-state index contributed by atoms with van der Waals surface area (Å²) in [6.45, 7) is 2.16. The Labute approximate surface area is 91.2 Å². The quantitative estimate of drug-likeness (QED) is 0.684. The molecule has 15 heavy (non-hydrogen) atoms. The van der Waals surface area contributed by atoms with E-state index in [9.17, 15) is 13.2 Å². The van der Waals surface area contributed by atoms with E-state index in [4.69, 9.17) is 0 Å². The van der Waals surface area contributed by atoms with Crippen LogP contribution in [0.3, 0.4) is 0 Å². The number of sulfone groups is 1. The minimum atomic E-state index is -2.84. The highest BCUT2D eigenvalue weighted by atomic mass is 32.2. The van der Waals surface area contributed by atoms with Crippen LogP contribution in [0.5, 0.6) is 0 Å². The predicted octanol–water partition coefficient (Wildman–Crippen LogP) is 1.43. The molecule has 0 aromatic rings. The Morgan fingerprint density at radius 1 is 1.27 bits per heavy atom. The third kappa shape index (κ3) is 2.41. The normalized spacial score (nSPS) is 40.6. The fraction of sp³-hybridized carbons (Fsp3) is 0.909. The molecule has 0 amide bonds. The number of ketones is 1. The van der Waals surface area contributed by atoms with Gasteiger partial charge in [-0.25, -0.2) is 8.42 Å². The second kappa shape index (κ2) is 3.89. The van der Waals surface area contributed by atoms with E-state index in [1.54, 1.807) is 0 Å². The standard InChI is InChI=1S/C11H18O3S/c1-8-2-3-11(12)10(6-8)9-4-5-15(13,14)7-9/h8-10H,2-7H2,1H3. The van der Waals surface area contributed by atoms with Gasteiger partial charge in [0, 0.05) is 12.3 Å². The molecular weight excluding hydrogens is 212 g/mol. The zero-order valence-corrected chi connectivity index (χ0v) is 9.92. The molecule has 3 atom stereocenters. The lowest BCUT2D eigenvalue weighted by atomic mass is 9.75. The first-order chi connectivity index (χ1) is 6.98. The maximum atomic E-state index is 11.7. The van der Waals surface area contributed by atoms with Crippen LogP contribution in [0.4, 0.5) is 0 Å². The van der Waals surface area contributed by atoms with E-state index in [0.717, 1.165) is 12.8 Å². The molecule has 86 valence electrons. The van der Waals surface area contributed by atoms with Crippen molar-refractivity contribution in [3.8, 4) is 0 Å². The Hall–Kier alpha value is -0.380. The van der Waals surface area contributed by atoms with Gasteiger partial charge in [0.2, 0.25) is 0 Å². The van der Waals surface area contributed by atoms with Gasteiger partial charge in [0.25, 0.3) is 0 Å². The van der Waals surface area contributed by atoms with E-state index < -0.39 is 9.84 Å². The van der Waals surface area contributed by atoms with Crippen LogP contribution in [0, 0.1) is 17.8 Å². The molecule has 0 radical (unpaired) electrons. The van der Waals surface area contributed by atoms with Crippen LogP contribution in [0.1, 0.15) is 32.6 Å². The van der Waals surface area contributed by atoms with Gasteiger partial charge in [-0.2, -0.15) is 0 Å². The van der Waals surface area contributed by atoms with Crippen molar-refractivity contribution in [3.05, 3.63) is 0 Å². The van der Waals surface area contributed by atoms with E-state index in [0.29, 0.717) is 24.5 Å². The van der Waals surface area contributed by atoms with Gasteiger partial charge in [-0.3, -0.25) is 4.79 Å². The summed E-state index contributed by atoms with van der Waals surface area (Å²) in [5, 5.41) is 0. The highest BCUT2D eigenvalue weighted by Crippen LogP contribution is 2.36. The third-order valence-electron chi connectivity index (χ3n) is 3.79. The molecule has 0 aromatic carbocycles. The lowest BCUT2D eigenvalue weighted by molar-refractivity contribution is -0.127. The molecule has 1 saturated heterocycles. The molecule has 3 unspecified atom stereocenters. The van der Waals surface area contributed by atoms with Crippen molar-refractivity contribution < 1.29 is 13.2 Å². The SMILES string of the molecule is CC1CCC(=O)C(C2CCS(=O)(=O)C2)C1. The summed E-state index contributed by atoms with van der Waals surface area (Å²) < 4.78 is 22.7. The Kier molecular flexibility index (Phi) is 2.88. The van der Waals surface area contributed by atoms with Gasteiger partial charge in [0.05, 0.1) is 11.5 Å².